The van der Waals surface area contributed by atoms with E-state index >= 15 is 0 Å². The Morgan fingerprint density at radius 3 is 1.40 bits per heavy atom. The summed E-state index contributed by atoms with van der Waals surface area (Å²) in [5.74, 6) is 1.92. The molecule has 0 amide bonds. The van der Waals surface area contributed by atoms with E-state index in [-0.39, 0.29) is 0 Å². The third-order valence-electron chi connectivity index (χ3n) is 10.5. The summed E-state index contributed by atoms with van der Waals surface area (Å²) in [5, 5.41) is 9.73. The molecular formula is C49H29N3O. The van der Waals surface area contributed by atoms with Crippen molar-refractivity contribution in [2.24, 2.45) is 0 Å². The first-order valence-corrected chi connectivity index (χ1v) is 17.8. The van der Waals surface area contributed by atoms with Crippen molar-refractivity contribution in [2.45, 2.75) is 0 Å². The number of furan rings is 1. The van der Waals surface area contributed by atoms with E-state index < -0.39 is 0 Å². The van der Waals surface area contributed by atoms with E-state index in [1.807, 2.05) is 36.4 Å². The van der Waals surface area contributed by atoms with Crippen molar-refractivity contribution in [3.63, 3.8) is 0 Å². The maximum absolute atomic E-state index is 6.28. The third kappa shape index (κ3) is 4.88. The van der Waals surface area contributed by atoms with Gasteiger partial charge in [0.15, 0.2) is 17.5 Å². The predicted molar refractivity (Wildman–Crippen MR) is 218 cm³/mol. The van der Waals surface area contributed by atoms with E-state index in [0.717, 1.165) is 44.5 Å². The summed E-state index contributed by atoms with van der Waals surface area (Å²) in [4.78, 5) is 15.0. The lowest BCUT2D eigenvalue weighted by atomic mass is 9.91. The highest BCUT2D eigenvalue weighted by atomic mass is 16.3. The number of hydrogen-bond donors (Lipinski definition) is 0. The molecule has 0 spiro atoms. The minimum absolute atomic E-state index is 0.635. The van der Waals surface area contributed by atoms with Crippen molar-refractivity contribution < 1.29 is 4.42 Å². The van der Waals surface area contributed by atoms with Gasteiger partial charge in [-0.3, -0.25) is 0 Å². The van der Waals surface area contributed by atoms with Crippen molar-refractivity contribution in [1.29, 1.82) is 0 Å². The van der Waals surface area contributed by atoms with E-state index in [9.17, 15) is 0 Å². The average molecular weight is 676 g/mol. The summed E-state index contributed by atoms with van der Waals surface area (Å²) < 4.78 is 6.28. The lowest BCUT2D eigenvalue weighted by Gasteiger charge is -2.12. The van der Waals surface area contributed by atoms with Crippen LogP contribution in [0.5, 0.6) is 0 Å². The Balaban J connectivity index is 1.02. The lowest BCUT2D eigenvalue weighted by Crippen LogP contribution is -2.00. The molecule has 0 aliphatic carbocycles. The van der Waals surface area contributed by atoms with Crippen LogP contribution in [0.2, 0.25) is 0 Å². The Bertz CT molecular complexity index is 3150. The Morgan fingerprint density at radius 2 is 0.736 bits per heavy atom. The minimum Gasteiger partial charge on any atom is -0.456 e. The zero-order chi connectivity index (χ0) is 34.9. The molecule has 4 heteroatoms. The van der Waals surface area contributed by atoms with E-state index in [4.69, 9.17) is 19.4 Å². The standard InChI is InChI=1S/C49H29N3O/c1-3-10-30(11-4-1)31-20-22-33(23-21-31)48-50-47(32-12-5-2-6-13-32)51-49(52-48)37-15-7-14-34(26-37)35-24-25-36-28-41-39-16-8-18-43-45(39)46-40(17-9-19-44(46)53-43)42(41)29-38(36)27-35/h1-29H. The highest BCUT2D eigenvalue weighted by molar-refractivity contribution is 6.34. The molecular weight excluding hydrogens is 647 g/mol. The van der Waals surface area contributed by atoms with E-state index in [1.54, 1.807) is 0 Å². The summed E-state index contributed by atoms with van der Waals surface area (Å²) in [6, 6.07) is 61.6. The molecule has 0 fully saturated rings. The number of benzene rings is 9. The number of hydrogen-bond acceptors (Lipinski definition) is 4. The van der Waals surface area contributed by atoms with E-state index in [2.05, 4.69) is 140 Å². The fraction of sp³-hybridized carbons (Fsp3) is 0. The molecule has 11 aromatic rings. The van der Waals surface area contributed by atoms with Crippen molar-refractivity contribution in [1.82, 2.24) is 15.0 Å². The molecule has 11 rings (SSSR count). The fourth-order valence-electron chi connectivity index (χ4n) is 7.87. The number of fused-ring (bicyclic) bond motifs is 4. The molecule has 0 radical (unpaired) electrons. The van der Waals surface area contributed by atoms with Crippen molar-refractivity contribution in [3.8, 4) is 56.4 Å². The first-order valence-electron chi connectivity index (χ1n) is 17.8. The van der Waals surface area contributed by atoms with Crippen LogP contribution >= 0.6 is 0 Å². The summed E-state index contributed by atoms with van der Waals surface area (Å²) in [7, 11) is 0. The van der Waals surface area contributed by atoms with Gasteiger partial charge < -0.3 is 4.42 Å². The Kier molecular flexibility index (Phi) is 6.52. The van der Waals surface area contributed by atoms with Crippen LogP contribution in [0.3, 0.4) is 0 Å². The molecule has 0 atom stereocenters. The summed E-state index contributed by atoms with van der Waals surface area (Å²) in [5.41, 5.74) is 9.24. The molecule has 0 saturated carbocycles. The maximum Gasteiger partial charge on any atom is 0.164 e. The topological polar surface area (TPSA) is 51.8 Å². The first-order chi connectivity index (χ1) is 26.2. The largest absolute Gasteiger partial charge is 0.456 e. The van der Waals surface area contributed by atoms with Crippen LogP contribution in [0.1, 0.15) is 0 Å². The third-order valence-corrected chi connectivity index (χ3v) is 10.5. The monoisotopic (exact) mass is 675 g/mol. The van der Waals surface area contributed by atoms with Gasteiger partial charge in [0, 0.05) is 27.5 Å². The Morgan fingerprint density at radius 1 is 0.283 bits per heavy atom. The second-order valence-electron chi connectivity index (χ2n) is 13.6. The quantitative estimate of drug-likeness (QED) is 0.135. The number of aromatic nitrogens is 3. The van der Waals surface area contributed by atoms with Crippen molar-refractivity contribution >= 4 is 54.3 Å². The molecule has 2 heterocycles. The first kappa shape index (κ1) is 29.5. The number of rotatable bonds is 5. The summed E-state index contributed by atoms with van der Waals surface area (Å²) in [6.07, 6.45) is 0. The zero-order valence-corrected chi connectivity index (χ0v) is 28.5. The molecule has 2 aromatic heterocycles. The second kappa shape index (κ2) is 11.7. The van der Waals surface area contributed by atoms with Gasteiger partial charge in [0.2, 0.25) is 0 Å². The molecule has 4 nitrogen and oxygen atoms in total. The van der Waals surface area contributed by atoms with Gasteiger partial charge in [0.1, 0.15) is 11.2 Å². The molecule has 0 bridgehead atoms. The van der Waals surface area contributed by atoms with Crippen LogP contribution in [-0.4, -0.2) is 15.0 Å². The van der Waals surface area contributed by atoms with Gasteiger partial charge >= 0.3 is 0 Å². The smallest absolute Gasteiger partial charge is 0.164 e. The highest BCUT2D eigenvalue weighted by Crippen LogP contribution is 2.43. The maximum atomic E-state index is 6.28. The fourth-order valence-corrected chi connectivity index (χ4v) is 7.87. The van der Waals surface area contributed by atoms with Crippen LogP contribution in [0, 0.1) is 0 Å². The van der Waals surface area contributed by atoms with Gasteiger partial charge in [-0.2, -0.15) is 0 Å². The molecule has 9 aromatic carbocycles. The van der Waals surface area contributed by atoms with Crippen LogP contribution < -0.4 is 0 Å². The lowest BCUT2D eigenvalue weighted by molar-refractivity contribution is 0.669. The zero-order valence-electron chi connectivity index (χ0n) is 28.5. The second-order valence-corrected chi connectivity index (χ2v) is 13.6. The van der Waals surface area contributed by atoms with Crippen molar-refractivity contribution in [3.05, 3.63) is 176 Å². The van der Waals surface area contributed by atoms with E-state index in [1.165, 1.54) is 48.7 Å². The van der Waals surface area contributed by atoms with Gasteiger partial charge in [-0.25, -0.2) is 15.0 Å². The highest BCUT2D eigenvalue weighted by Gasteiger charge is 2.18. The average Bonchev–Trinajstić information content (AvgIpc) is 3.63. The molecule has 0 saturated heterocycles. The molecule has 0 unspecified atom stereocenters. The molecule has 0 aliphatic rings. The van der Waals surface area contributed by atoms with Gasteiger partial charge in [-0.05, 0) is 91.0 Å². The Labute approximate surface area is 305 Å². The minimum atomic E-state index is 0.635. The van der Waals surface area contributed by atoms with Crippen LogP contribution in [-0.2, 0) is 0 Å². The van der Waals surface area contributed by atoms with Gasteiger partial charge in [0.05, 0.1) is 0 Å². The SMILES string of the molecule is c1ccc(-c2ccc(-c3nc(-c4ccccc4)nc(-c4cccc(-c5ccc6cc7c(cc6c5)c5cccc6oc8cccc7c8c65)c4)n3)cc2)cc1. The normalized spacial score (nSPS) is 11.8. The van der Waals surface area contributed by atoms with Crippen LogP contribution in [0.4, 0.5) is 0 Å². The summed E-state index contributed by atoms with van der Waals surface area (Å²) in [6.45, 7) is 0. The molecule has 53 heavy (non-hydrogen) atoms. The molecule has 246 valence electrons. The number of nitrogens with zero attached hydrogens (tertiary/aromatic N) is 3. The molecule has 0 aliphatic heterocycles. The van der Waals surface area contributed by atoms with Crippen LogP contribution in [0.15, 0.2) is 180 Å². The molecule has 0 N–H and O–H groups in total. The predicted octanol–water partition coefficient (Wildman–Crippen LogP) is 13.0. The van der Waals surface area contributed by atoms with Crippen LogP contribution in [0.25, 0.3) is 111 Å². The van der Waals surface area contributed by atoms with Gasteiger partial charge in [0.25, 0.3) is 0 Å². The van der Waals surface area contributed by atoms with Gasteiger partial charge in [-0.1, -0.05) is 140 Å². The summed E-state index contributed by atoms with van der Waals surface area (Å²) >= 11 is 0. The van der Waals surface area contributed by atoms with E-state index in [0.29, 0.717) is 17.5 Å². The van der Waals surface area contributed by atoms with Gasteiger partial charge in [-0.15, -0.1) is 0 Å². The van der Waals surface area contributed by atoms with Crippen molar-refractivity contribution in [2.75, 3.05) is 0 Å². The Hall–Kier alpha value is -7.17.